The second-order valence-electron chi connectivity index (χ2n) is 5.52. The lowest BCUT2D eigenvalue weighted by Gasteiger charge is -2.36. The van der Waals surface area contributed by atoms with Gasteiger partial charge in [-0.25, -0.2) is 0 Å². The van der Waals surface area contributed by atoms with Gasteiger partial charge in [0.1, 0.15) is 0 Å². The molecular weight excluding hydrogens is 206 g/mol. The van der Waals surface area contributed by atoms with Crippen molar-refractivity contribution < 1.29 is 0 Å². The predicted octanol–water partition coefficient (Wildman–Crippen LogP) is 2.56. The van der Waals surface area contributed by atoms with E-state index in [0.717, 1.165) is 5.22 Å². The zero-order valence-electron chi connectivity index (χ0n) is 10.6. The maximum atomic E-state index is 4.85. The molecule has 1 heterocycles. The van der Waals surface area contributed by atoms with Crippen LogP contribution in [0.5, 0.6) is 0 Å². The molecule has 0 radical (unpaired) electrons. The number of benzene rings is 1. The lowest BCUT2D eigenvalue weighted by molar-refractivity contribution is 0.328. The van der Waals surface area contributed by atoms with Crippen LogP contribution < -0.4 is 10.6 Å². The molecule has 88 valence electrons. The molecule has 3 atom stereocenters. The first kappa shape index (κ1) is 10.8. The first-order chi connectivity index (χ1) is 8.15. The van der Waals surface area contributed by atoms with Crippen molar-refractivity contribution >= 4 is 6.58 Å². The van der Waals surface area contributed by atoms with E-state index in [9.17, 15) is 0 Å². The van der Waals surface area contributed by atoms with Crippen LogP contribution in [0.25, 0.3) is 6.58 Å². The fourth-order valence-corrected chi connectivity index (χ4v) is 3.30. The van der Waals surface area contributed by atoms with Crippen molar-refractivity contribution in [3.8, 4) is 0 Å². The summed E-state index contributed by atoms with van der Waals surface area (Å²) in [7, 11) is 0. The number of hydrogen-bond acceptors (Lipinski definition) is 1. The SMILES string of the molecule is C=c1ccc2c(c1)C1CC=C(C)CC1C(C)N=2. The third-order valence-electron chi connectivity index (χ3n) is 4.25. The molecule has 17 heavy (non-hydrogen) atoms. The lowest BCUT2D eigenvalue weighted by atomic mass is 9.71. The van der Waals surface area contributed by atoms with E-state index in [-0.39, 0.29) is 0 Å². The van der Waals surface area contributed by atoms with Gasteiger partial charge in [-0.2, -0.15) is 0 Å². The van der Waals surface area contributed by atoms with E-state index in [4.69, 9.17) is 4.99 Å². The minimum atomic E-state index is 0.451. The topological polar surface area (TPSA) is 12.4 Å². The molecule has 1 aromatic rings. The third kappa shape index (κ3) is 1.74. The van der Waals surface area contributed by atoms with E-state index >= 15 is 0 Å². The van der Waals surface area contributed by atoms with Crippen molar-refractivity contribution in [1.82, 2.24) is 0 Å². The fourth-order valence-electron chi connectivity index (χ4n) is 3.30. The van der Waals surface area contributed by atoms with Gasteiger partial charge in [0.25, 0.3) is 0 Å². The summed E-state index contributed by atoms with van der Waals surface area (Å²) in [4.78, 5) is 4.85. The van der Waals surface area contributed by atoms with Crippen molar-refractivity contribution in [2.24, 2.45) is 10.9 Å². The van der Waals surface area contributed by atoms with Gasteiger partial charge >= 0.3 is 0 Å². The molecule has 0 spiro atoms. The Morgan fingerprint density at radius 2 is 2.18 bits per heavy atom. The van der Waals surface area contributed by atoms with Crippen LogP contribution in [0.1, 0.15) is 38.2 Å². The zero-order valence-corrected chi connectivity index (χ0v) is 10.6. The Labute approximate surface area is 103 Å². The summed E-state index contributed by atoms with van der Waals surface area (Å²) in [5, 5.41) is 2.30. The summed E-state index contributed by atoms with van der Waals surface area (Å²) in [6, 6.07) is 6.89. The molecule has 1 heteroatoms. The maximum absolute atomic E-state index is 4.85. The summed E-state index contributed by atoms with van der Waals surface area (Å²) >= 11 is 0. The third-order valence-corrected chi connectivity index (χ3v) is 4.25. The Kier molecular flexibility index (Phi) is 2.43. The monoisotopic (exact) mass is 225 g/mol. The Morgan fingerprint density at radius 3 is 3.00 bits per heavy atom. The number of nitrogens with zero attached hydrogens (tertiary/aromatic N) is 1. The summed E-state index contributed by atoms with van der Waals surface area (Å²) in [6.07, 6.45) is 4.78. The van der Waals surface area contributed by atoms with Crippen LogP contribution in [0, 0.1) is 5.92 Å². The second-order valence-corrected chi connectivity index (χ2v) is 5.52. The fraction of sp³-hybridized carbons (Fsp3) is 0.438. The highest BCUT2D eigenvalue weighted by Crippen LogP contribution is 2.40. The highest BCUT2D eigenvalue weighted by Gasteiger charge is 2.33. The van der Waals surface area contributed by atoms with E-state index in [1.54, 1.807) is 0 Å². The molecule has 3 rings (SSSR count). The molecular formula is C16H19N. The first-order valence-corrected chi connectivity index (χ1v) is 6.47. The van der Waals surface area contributed by atoms with Crippen LogP contribution in [0.4, 0.5) is 0 Å². The number of hydrogen-bond donors (Lipinski definition) is 0. The van der Waals surface area contributed by atoms with E-state index < -0.39 is 0 Å². The minimum absolute atomic E-state index is 0.451. The van der Waals surface area contributed by atoms with Crippen LogP contribution >= 0.6 is 0 Å². The molecule has 1 nitrogen and oxygen atoms in total. The highest BCUT2D eigenvalue weighted by atomic mass is 14.8. The average Bonchev–Trinajstić information content (AvgIpc) is 2.30. The maximum Gasteiger partial charge on any atom is 0.0613 e. The van der Waals surface area contributed by atoms with Gasteiger partial charge < -0.3 is 0 Å². The normalized spacial score (nSPS) is 30.9. The van der Waals surface area contributed by atoms with Gasteiger partial charge in [0.15, 0.2) is 0 Å². The van der Waals surface area contributed by atoms with Gasteiger partial charge in [-0.05, 0) is 61.4 Å². The van der Waals surface area contributed by atoms with Crippen LogP contribution in [0.2, 0.25) is 0 Å². The standard InChI is InChI=1S/C16H19N/c1-10-4-6-13-14(8-10)12(3)17-16-7-5-11(2)9-15(13)16/h4-5,7,9,12-14H,2,6,8H2,1,3H3. The van der Waals surface area contributed by atoms with Crippen molar-refractivity contribution in [2.45, 2.75) is 38.6 Å². The van der Waals surface area contributed by atoms with Crippen molar-refractivity contribution in [1.29, 1.82) is 0 Å². The summed E-state index contributed by atoms with van der Waals surface area (Å²) in [5.41, 5.74) is 2.95. The van der Waals surface area contributed by atoms with Crippen LogP contribution in [0.3, 0.4) is 0 Å². The molecule has 0 N–H and O–H groups in total. The van der Waals surface area contributed by atoms with Crippen molar-refractivity contribution in [3.05, 3.63) is 46.0 Å². The minimum Gasteiger partial charge on any atom is -0.282 e. The molecule has 0 bridgehead atoms. The highest BCUT2D eigenvalue weighted by molar-refractivity contribution is 5.29. The van der Waals surface area contributed by atoms with Gasteiger partial charge in [-0.15, -0.1) is 0 Å². The first-order valence-electron chi connectivity index (χ1n) is 6.47. The molecule has 0 aromatic heterocycles. The average molecular weight is 225 g/mol. The van der Waals surface area contributed by atoms with E-state index in [0.29, 0.717) is 17.9 Å². The van der Waals surface area contributed by atoms with Gasteiger partial charge in [0.05, 0.1) is 11.4 Å². The molecule has 0 saturated carbocycles. The molecule has 1 aromatic carbocycles. The van der Waals surface area contributed by atoms with Gasteiger partial charge in [0.2, 0.25) is 0 Å². The number of fused-ring (bicyclic) bond motifs is 3. The van der Waals surface area contributed by atoms with Crippen molar-refractivity contribution in [3.63, 3.8) is 0 Å². The van der Waals surface area contributed by atoms with E-state index in [1.807, 2.05) is 0 Å². The van der Waals surface area contributed by atoms with Gasteiger partial charge in [0, 0.05) is 0 Å². The van der Waals surface area contributed by atoms with Gasteiger partial charge in [-0.1, -0.05) is 24.3 Å². The quantitative estimate of drug-likeness (QED) is 0.602. The Hall–Kier alpha value is -1.37. The summed E-state index contributed by atoms with van der Waals surface area (Å²) < 4.78 is 0. The Balaban J connectivity index is 2.16. The number of allylic oxidation sites excluding steroid dienone is 2. The Morgan fingerprint density at radius 1 is 1.35 bits per heavy atom. The lowest BCUT2D eigenvalue weighted by Crippen LogP contribution is -2.36. The molecule has 0 saturated heterocycles. The molecule has 1 aliphatic heterocycles. The second kappa shape index (κ2) is 3.83. The van der Waals surface area contributed by atoms with Gasteiger partial charge in [-0.3, -0.25) is 4.99 Å². The summed E-state index contributed by atoms with van der Waals surface area (Å²) in [6.45, 7) is 8.55. The molecule has 3 unspecified atom stereocenters. The predicted molar refractivity (Wildman–Crippen MR) is 71.4 cm³/mol. The number of rotatable bonds is 0. The summed E-state index contributed by atoms with van der Waals surface area (Å²) in [5.74, 6) is 1.34. The van der Waals surface area contributed by atoms with Crippen LogP contribution in [-0.2, 0) is 0 Å². The van der Waals surface area contributed by atoms with E-state index in [1.165, 1.54) is 29.3 Å². The molecule has 0 amide bonds. The van der Waals surface area contributed by atoms with Crippen LogP contribution in [-0.4, -0.2) is 6.04 Å². The Bertz CT molecular complexity index is 582. The smallest absolute Gasteiger partial charge is 0.0613 e. The van der Waals surface area contributed by atoms with Crippen molar-refractivity contribution in [2.75, 3.05) is 0 Å². The molecule has 1 aliphatic carbocycles. The zero-order chi connectivity index (χ0) is 12.0. The molecule has 2 aliphatic rings. The van der Waals surface area contributed by atoms with Crippen LogP contribution in [0.15, 0.2) is 34.8 Å². The largest absolute Gasteiger partial charge is 0.282 e. The molecule has 0 fully saturated rings. The van der Waals surface area contributed by atoms with E-state index in [2.05, 4.69) is 44.7 Å².